The van der Waals surface area contributed by atoms with Crippen molar-refractivity contribution in [1.82, 2.24) is 14.9 Å². The molecule has 0 aliphatic carbocycles. The Labute approximate surface area is 121 Å². The van der Waals surface area contributed by atoms with Gasteiger partial charge in [0.1, 0.15) is 5.82 Å². The molecule has 1 aliphatic rings. The Balaban J connectivity index is 2.13. The van der Waals surface area contributed by atoms with Gasteiger partial charge in [0.2, 0.25) is 0 Å². The summed E-state index contributed by atoms with van der Waals surface area (Å²) in [6, 6.07) is 6.82. The lowest BCUT2D eigenvalue weighted by Gasteiger charge is -2.25. The molecule has 0 radical (unpaired) electrons. The smallest absolute Gasteiger partial charge is 0.129 e. The summed E-state index contributed by atoms with van der Waals surface area (Å²) in [5.74, 6) is 1.07. The molecule has 1 unspecified atom stereocenters. The molecule has 1 aromatic heterocycles. The first-order valence-electron chi connectivity index (χ1n) is 6.65. The Morgan fingerprint density at radius 1 is 1.47 bits per heavy atom. The molecular weight excluding hydrogens is 306 g/mol. The second kappa shape index (κ2) is 5.23. The van der Waals surface area contributed by atoms with E-state index in [2.05, 4.69) is 57.9 Å². The van der Waals surface area contributed by atoms with Gasteiger partial charge in [-0.2, -0.15) is 0 Å². The summed E-state index contributed by atoms with van der Waals surface area (Å²) in [5, 5.41) is 3.49. The van der Waals surface area contributed by atoms with Crippen LogP contribution in [0.4, 0.5) is 0 Å². The molecule has 1 saturated heterocycles. The van der Waals surface area contributed by atoms with E-state index in [1.807, 2.05) is 0 Å². The molecule has 1 atom stereocenters. The minimum atomic E-state index is 0.183. The zero-order valence-electron chi connectivity index (χ0n) is 11.2. The molecule has 19 heavy (non-hydrogen) atoms. The Hall–Kier alpha value is -0.910. The lowest BCUT2D eigenvalue weighted by atomic mass is 10.2. The number of hydrogen-bond donors (Lipinski definition) is 1. The monoisotopic (exact) mass is 323 g/mol. The van der Waals surface area contributed by atoms with E-state index in [0.29, 0.717) is 12.6 Å². The van der Waals surface area contributed by atoms with E-state index in [0.717, 1.165) is 29.0 Å². The zero-order chi connectivity index (χ0) is 13.4. The lowest BCUT2D eigenvalue weighted by molar-refractivity contribution is 0.0729. The number of ether oxygens (including phenoxy) is 1. The number of benzene rings is 1. The lowest BCUT2D eigenvalue weighted by Crippen LogP contribution is -2.36. The summed E-state index contributed by atoms with van der Waals surface area (Å²) in [6.45, 7) is 6.74. The largest absolute Gasteiger partial charge is 0.378 e. The summed E-state index contributed by atoms with van der Waals surface area (Å²) in [6.07, 6.45) is 0. The van der Waals surface area contributed by atoms with E-state index >= 15 is 0 Å². The highest BCUT2D eigenvalue weighted by Gasteiger charge is 2.23. The van der Waals surface area contributed by atoms with Crippen molar-refractivity contribution in [2.45, 2.75) is 25.9 Å². The van der Waals surface area contributed by atoms with Crippen LogP contribution < -0.4 is 5.32 Å². The molecule has 4 nitrogen and oxygen atoms in total. The molecule has 0 bridgehead atoms. The van der Waals surface area contributed by atoms with Gasteiger partial charge in [-0.1, -0.05) is 15.9 Å². The Kier molecular flexibility index (Phi) is 3.60. The van der Waals surface area contributed by atoms with Crippen molar-refractivity contribution in [3.8, 4) is 0 Å². The van der Waals surface area contributed by atoms with Crippen LogP contribution in [0.15, 0.2) is 22.7 Å². The summed E-state index contributed by atoms with van der Waals surface area (Å²) >= 11 is 3.51. The second-order valence-corrected chi connectivity index (χ2v) is 6.06. The summed E-state index contributed by atoms with van der Waals surface area (Å²) in [5.41, 5.74) is 2.21. The van der Waals surface area contributed by atoms with E-state index in [4.69, 9.17) is 9.72 Å². The quantitative estimate of drug-likeness (QED) is 0.923. The third-order valence-electron chi connectivity index (χ3n) is 3.43. The van der Waals surface area contributed by atoms with Crippen LogP contribution in [-0.4, -0.2) is 29.3 Å². The van der Waals surface area contributed by atoms with Gasteiger partial charge in [0.25, 0.3) is 0 Å². The van der Waals surface area contributed by atoms with E-state index in [-0.39, 0.29) is 6.04 Å². The van der Waals surface area contributed by atoms with Crippen molar-refractivity contribution in [3.05, 3.63) is 28.5 Å². The van der Waals surface area contributed by atoms with Crippen LogP contribution in [0, 0.1) is 0 Å². The SMILES string of the molecule is CC(C)n1c(C2COCCN2)nc2cc(Br)ccc21. The minimum Gasteiger partial charge on any atom is -0.378 e. The van der Waals surface area contributed by atoms with Gasteiger partial charge in [-0.05, 0) is 32.0 Å². The van der Waals surface area contributed by atoms with Gasteiger partial charge in [0.05, 0.1) is 30.3 Å². The van der Waals surface area contributed by atoms with Crippen LogP contribution in [0.3, 0.4) is 0 Å². The number of morpholine rings is 1. The number of halogens is 1. The molecule has 1 aromatic carbocycles. The van der Waals surface area contributed by atoms with E-state index in [9.17, 15) is 0 Å². The third-order valence-corrected chi connectivity index (χ3v) is 3.92. The van der Waals surface area contributed by atoms with Crippen LogP contribution in [0.25, 0.3) is 11.0 Å². The first kappa shape index (κ1) is 13.1. The van der Waals surface area contributed by atoms with Crippen LogP contribution in [0.5, 0.6) is 0 Å². The highest BCUT2D eigenvalue weighted by atomic mass is 79.9. The van der Waals surface area contributed by atoms with E-state index in [1.165, 1.54) is 5.52 Å². The molecule has 2 heterocycles. The highest BCUT2D eigenvalue weighted by molar-refractivity contribution is 9.10. The summed E-state index contributed by atoms with van der Waals surface area (Å²) in [7, 11) is 0. The van der Waals surface area contributed by atoms with Crippen molar-refractivity contribution in [2.75, 3.05) is 19.8 Å². The molecule has 2 aromatic rings. The van der Waals surface area contributed by atoms with E-state index < -0.39 is 0 Å². The third kappa shape index (κ3) is 2.42. The topological polar surface area (TPSA) is 39.1 Å². The van der Waals surface area contributed by atoms with Crippen LogP contribution >= 0.6 is 15.9 Å². The normalized spacial score (nSPS) is 20.3. The zero-order valence-corrected chi connectivity index (χ0v) is 12.8. The predicted molar refractivity (Wildman–Crippen MR) is 79.4 cm³/mol. The fraction of sp³-hybridized carbons (Fsp3) is 0.500. The van der Waals surface area contributed by atoms with Gasteiger partial charge in [-0.15, -0.1) is 0 Å². The number of imidazole rings is 1. The van der Waals surface area contributed by atoms with Crippen molar-refractivity contribution in [1.29, 1.82) is 0 Å². The summed E-state index contributed by atoms with van der Waals surface area (Å²) < 4.78 is 8.93. The number of hydrogen-bond acceptors (Lipinski definition) is 3. The van der Waals surface area contributed by atoms with Crippen molar-refractivity contribution in [3.63, 3.8) is 0 Å². The van der Waals surface area contributed by atoms with Gasteiger partial charge in [0.15, 0.2) is 0 Å². The van der Waals surface area contributed by atoms with Gasteiger partial charge >= 0.3 is 0 Å². The molecule has 0 saturated carbocycles. The molecular formula is C14H18BrN3O. The number of nitrogens with zero attached hydrogens (tertiary/aromatic N) is 2. The number of aromatic nitrogens is 2. The van der Waals surface area contributed by atoms with E-state index in [1.54, 1.807) is 0 Å². The first-order valence-corrected chi connectivity index (χ1v) is 7.44. The fourth-order valence-corrected chi connectivity index (χ4v) is 2.96. The van der Waals surface area contributed by atoms with Crippen LogP contribution in [0.2, 0.25) is 0 Å². The summed E-state index contributed by atoms with van der Waals surface area (Å²) in [4.78, 5) is 4.81. The second-order valence-electron chi connectivity index (χ2n) is 5.15. The maximum atomic E-state index is 5.57. The average molecular weight is 324 g/mol. The Morgan fingerprint density at radius 2 is 2.32 bits per heavy atom. The molecule has 1 aliphatic heterocycles. The number of fused-ring (bicyclic) bond motifs is 1. The van der Waals surface area contributed by atoms with Crippen molar-refractivity contribution < 1.29 is 4.74 Å². The Bertz CT molecular complexity index is 588. The van der Waals surface area contributed by atoms with Crippen LogP contribution in [0.1, 0.15) is 31.8 Å². The molecule has 102 valence electrons. The number of rotatable bonds is 2. The van der Waals surface area contributed by atoms with Gasteiger partial charge < -0.3 is 14.6 Å². The molecule has 5 heteroatoms. The highest BCUT2D eigenvalue weighted by Crippen LogP contribution is 2.27. The molecule has 0 amide bonds. The minimum absolute atomic E-state index is 0.183. The molecule has 1 N–H and O–H groups in total. The fourth-order valence-electron chi connectivity index (χ4n) is 2.61. The maximum Gasteiger partial charge on any atom is 0.129 e. The maximum absolute atomic E-state index is 5.57. The van der Waals surface area contributed by atoms with Crippen LogP contribution in [-0.2, 0) is 4.74 Å². The molecule has 0 spiro atoms. The first-order chi connectivity index (χ1) is 9.16. The van der Waals surface area contributed by atoms with Crippen molar-refractivity contribution in [2.24, 2.45) is 0 Å². The van der Waals surface area contributed by atoms with Gasteiger partial charge in [-0.25, -0.2) is 4.98 Å². The Morgan fingerprint density at radius 3 is 3.00 bits per heavy atom. The van der Waals surface area contributed by atoms with Crippen molar-refractivity contribution >= 4 is 27.0 Å². The average Bonchev–Trinajstić information content (AvgIpc) is 2.78. The van der Waals surface area contributed by atoms with Gasteiger partial charge in [0, 0.05) is 17.1 Å². The molecule has 3 rings (SSSR count). The number of nitrogens with one attached hydrogen (secondary N) is 1. The van der Waals surface area contributed by atoms with Gasteiger partial charge in [-0.3, -0.25) is 0 Å². The standard InChI is InChI=1S/C14H18BrN3O/c1-9(2)18-13-4-3-10(15)7-11(13)17-14(18)12-8-19-6-5-16-12/h3-4,7,9,12,16H,5-6,8H2,1-2H3. The predicted octanol–water partition coefficient (Wildman–Crippen LogP) is 3.04. The molecule has 1 fully saturated rings.